The Morgan fingerprint density at radius 3 is 2.60 bits per heavy atom. The number of carbonyl (C=O) groups excluding carboxylic acids is 1. The maximum atomic E-state index is 11.8. The lowest BCUT2D eigenvalue weighted by Crippen LogP contribution is -2.55. The zero-order valence-corrected chi connectivity index (χ0v) is 9.32. The van der Waals surface area contributed by atoms with Gasteiger partial charge in [0.15, 0.2) is 0 Å². The lowest BCUT2D eigenvalue weighted by Gasteiger charge is -2.46. The van der Waals surface area contributed by atoms with E-state index in [1.54, 1.807) is 6.08 Å². The van der Waals surface area contributed by atoms with E-state index in [-0.39, 0.29) is 5.92 Å². The van der Waals surface area contributed by atoms with Gasteiger partial charge in [0.1, 0.15) is 5.78 Å². The molecule has 0 aromatic heterocycles. The van der Waals surface area contributed by atoms with Gasteiger partial charge in [-0.3, -0.25) is 9.69 Å². The van der Waals surface area contributed by atoms with Crippen LogP contribution in [0.25, 0.3) is 0 Å². The summed E-state index contributed by atoms with van der Waals surface area (Å²) in [4.78, 5) is 14.2. The molecule has 2 heterocycles. The molecule has 2 atom stereocenters. The van der Waals surface area contributed by atoms with Crippen molar-refractivity contribution in [2.75, 3.05) is 20.3 Å². The minimum atomic E-state index is 0.234. The highest BCUT2D eigenvalue weighted by Crippen LogP contribution is 2.31. The summed E-state index contributed by atoms with van der Waals surface area (Å²) in [6.07, 6.45) is 4.15. The smallest absolute Gasteiger partial charge is 0.139 e. The Kier molecular flexibility index (Phi) is 3.22. The summed E-state index contributed by atoms with van der Waals surface area (Å²) in [5, 5.41) is 0. The number of fused-ring (bicyclic) bond motifs is 2. The Hall–Kier alpha value is -0.670. The third-order valence-electron chi connectivity index (χ3n) is 3.69. The highest BCUT2D eigenvalue weighted by atomic mass is 16.5. The molecule has 0 aromatic carbocycles. The van der Waals surface area contributed by atoms with Crippen LogP contribution in [-0.2, 0) is 9.53 Å². The Morgan fingerprint density at radius 2 is 2.07 bits per heavy atom. The van der Waals surface area contributed by atoms with Crippen molar-refractivity contribution in [2.45, 2.75) is 31.3 Å². The van der Waals surface area contributed by atoms with Gasteiger partial charge in [0.05, 0.1) is 13.2 Å². The lowest BCUT2D eigenvalue weighted by molar-refractivity contribution is -0.130. The average molecular weight is 209 g/mol. The molecule has 0 aromatic rings. The van der Waals surface area contributed by atoms with Gasteiger partial charge >= 0.3 is 0 Å². The molecule has 3 nitrogen and oxygen atoms in total. The minimum absolute atomic E-state index is 0.234. The largest absolute Gasteiger partial charge is 0.378 e. The molecule has 0 aliphatic carbocycles. The molecule has 0 spiro atoms. The van der Waals surface area contributed by atoms with E-state index in [0.717, 1.165) is 26.1 Å². The number of hydrogen-bond acceptors (Lipinski definition) is 3. The Bertz CT molecular complexity index is 250. The molecule has 2 rings (SSSR count). The number of ketones is 1. The van der Waals surface area contributed by atoms with Crippen molar-refractivity contribution in [1.29, 1.82) is 0 Å². The van der Waals surface area contributed by atoms with Crippen LogP contribution in [0.5, 0.6) is 0 Å². The first-order chi connectivity index (χ1) is 7.22. The van der Waals surface area contributed by atoms with Crippen LogP contribution in [0.1, 0.15) is 19.3 Å². The molecule has 2 aliphatic rings. The van der Waals surface area contributed by atoms with E-state index in [1.807, 2.05) is 0 Å². The molecule has 3 heteroatoms. The van der Waals surface area contributed by atoms with Crippen LogP contribution in [0.4, 0.5) is 0 Å². The SMILES string of the molecule is C=CCC(=O)C1CC2COCC(C1)N2C. The predicted molar refractivity (Wildman–Crippen MR) is 58.7 cm³/mol. The fraction of sp³-hybridized carbons (Fsp3) is 0.750. The van der Waals surface area contributed by atoms with E-state index in [2.05, 4.69) is 18.5 Å². The second-order valence-corrected chi connectivity index (χ2v) is 4.64. The molecule has 2 unspecified atom stereocenters. The molecule has 84 valence electrons. The fourth-order valence-corrected chi connectivity index (χ4v) is 2.67. The number of allylic oxidation sites excluding steroid dienone is 1. The average Bonchev–Trinajstić information content (AvgIpc) is 2.17. The monoisotopic (exact) mass is 209 g/mol. The van der Waals surface area contributed by atoms with E-state index >= 15 is 0 Å². The lowest BCUT2D eigenvalue weighted by atomic mass is 9.82. The van der Waals surface area contributed by atoms with Gasteiger partial charge in [-0.1, -0.05) is 6.08 Å². The maximum absolute atomic E-state index is 11.8. The van der Waals surface area contributed by atoms with Gasteiger partial charge in [0.2, 0.25) is 0 Å². The number of morpholine rings is 1. The van der Waals surface area contributed by atoms with Gasteiger partial charge in [-0.05, 0) is 19.9 Å². The van der Waals surface area contributed by atoms with Crippen LogP contribution in [0.3, 0.4) is 0 Å². The van der Waals surface area contributed by atoms with E-state index in [0.29, 0.717) is 24.3 Å². The highest BCUT2D eigenvalue weighted by Gasteiger charge is 2.38. The van der Waals surface area contributed by atoms with Gasteiger partial charge in [0.25, 0.3) is 0 Å². The topological polar surface area (TPSA) is 29.5 Å². The van der Waals surface area contributed by atoms with Crippen molar-refractivity contribution in [2.24, 2.45) is 5.92 Å². The summed E-state index contributed by atoms with van der Waals surface area (Å²) in [6.45, 7) is 5.19. The number of nitrogens with zero attached hydrogens (tertiary/aromatic N) is 1. The number of rotatable bonds is 3. The Labute approximate surface area is 91.1 Å². The maximum Gasteiger partial charge on any atom is 0.139 e. The first-order valence-electron chi connectivity index (χ1n) is 5.65. The Morgan fingerprint density at radius 1 is 1.47 bits per heavy atom. The summed E-state index contributed by atoms with van der Waals surface area (Å²) < 4.78 is 5.52. The van der Waals surface area contributed by atoms with Crippen molar-refractivity contribution in [3.05, 3.63) is 12.7 Å². The van der Waals surface area contributed by atoms with Gasteiger partial charge in [-0.25, -0.2) is 0 Å². The summed E-state index contributed by atoms with van der Waals surface area (Å²) in [6, 6.07) is 0.882. The summed E-state index contributed by atoms with van der Waals surface area (Å²) >= 11 is 0. The molecule has 2 saturated heterocycles. The Balaban J connectivity index is 2.00. The summed E-state index contributed by atoms with van der Waals surface area (Å²) in [7, 11) is 2.14. The number of ether oxygens (including phenoxy) is 1. The first-order valence-corrected chi connectivity index (χ1v) is 5.65. The molecule has 0 N–H and O–H groups in total. The molecule has 0 saturated carbocycles. The van der Waals surface area contributed by atoms with Crippen molar-refractivity contribution in [3.8, 4) is 0 Å². The van der Waals surface area contributed by atoms with Crippen LogP contribution in [0.2, 0.25) is 0 Å². The third kappa shape index (κ3) is 2.13. The van der Waals surface area contributed by atoms with E-state index in [1.165, 1.54) is 0 Å². The normalized spacial score (nSPS) is 36.2. The number of Topliss-reactive ketones (excluding diaryl/α,β-unsaturated/α-hetero) is 1. The van der Waals surface area contributed by atoms with Crippen molar-refractivity contribution >= 4 is 5.78 Å². The van der Waals surface area contributed by atoms with Crippen molar-refractivity contribution in [1.82, 2.24) is 4.90 Å². The van der Waals surface area contributed by atoms with Gasteiger partial charge in [-0.15, -0.1) is 6.58 Å². The first kappa shape index (κ1) is 10.8. The van der Waals surface area contributed by atoms with Crippen LogP contribution in [0, 0.1) is 5.92 Å². The zero-order chi connectivity index (χ0) is 10.8. The van der Waals surface area contributed by atoms with E-state index in [9.17, 15) is 4.79 Å². The molecule has 15 heavy (non-hydrogen) atoms. The molecular weight excluding hydrogens is 190 g/mol. The van der Waals surface area contributed by atoms with E-state index < -0.39 is 0 Å². The van der Waals surface area contributed by atoms with Gasteiger partial charge in [0, 0.05) is 24.4 Å². The second kappa shape index (κ2) is 4.45. The second-order valence-electron chi connectivity index (χ2n) is 4.64. The third-order valence-corrected chi connectivity index (χ3v) is 3.69. The fourth-order valence-electron chi connectivity index (χ4n) is 2.67. The molecule has 0 radical (unpaired) electrons. The van der Waals surface area contributed by atoms with E-state index in [4.69, 9.17) is 4.74 Å². The van der Waals surface area contributed by atoms with Crippen LogP contribution in [0.15, 0.2) is 12.7 Å². The zero-order valence-electron chi connectivity index (χ0n) is 9.32. The molecule has 2 aliphatic heterocycles. The number of carbonyl (C=O) groups is 1. The summed E-state index contributed by atoms with van der Waals surface area (Å²) in [5.41, 5.74) is 0. The quantitative estimate of drug-likeness (QED) is 0.655. The standard InChI is InChI=1S/C12H19NO2/c1-3-4-12(14)9-5-10-7-15-8-11(6-9)13(10)2/h3,9-11H,1,4-8H2,2H3. The van der Waals surface area contributed by atoms with Crippen LogP contribution < -0.4 is 0 Å². The summed E-state index contributed by atoms with van der Waals surface area (Å²) in [5.74, 6) is 0.591. The van der Waals surface area contributed by atoms with Crippen LogP contribution >= 0.6 is 0 Å². The van der Waals surface area contributed by atoms with Crippen molar-refractivity contribution in [3.63, 3.8) is 0 Å². The predicted octanol–water partition coefficient (Wildman–Crippen LogP) is 1.24. The highest BCUT2D eigenvalue weighted by molar-refractivity contribution is 5.82. The number of hydrogen-bond donors (Lipinski definition) is 0. The number of likely N-dealkylation sites (N-methyl/N-ethyl adjacent to an activating group) is 1. The molecule has 0 amide bonds. The van der Waals surface area contributed by atoms with Gasteiger partial charge < -0.3 is 4.74 Å². The molecule has 2 fully saturated rings. The molecule has 2 bridgehead atoms. The number of piperidine rings is 1. The minimum Gasteiger partial charge on any atom is -0.378 e. The molecular formula is C12H19NO2. The van der Waals surface area contributed by atoms with Gasteiger partial charge in [-0.2, -0.15) is 0 Å². The van der Waals surface area contributed by atoms with Crippen molar-refractivity contribution < 1.29 is 9.53 Å². The van der Waals surface area contributed by atoms with Crippen LogP contribution in [-0.4, -0.2) is 43.0 Å².